The van der Waals surface area contributed by atoms with Crippen LogP contribution in [-0.4, -0.2) is 55.4 Å². The molecule has 2 aromatic rings. The molecule has 7 heteroatoms. The van der Waals surface area contributed by atoms with Crippen molar-refractivity contribution >= 4 is 11.8 Å². The van der Waals surface area contributed by atoms with E-state index in [9.17, 15) is 14.7 Å². The molecular weight excluding hydrogens is 406 g/mol. The van der Waals surface area contributed by atoms with Gasteiger partial charge in [-0.2, -0.15) is 0 Å². The summed E-state index contributed by atoms with van der Waals surface area (Å²) in [6, 6.07) is 14.7. The van der Waals surface area contributed by atoms with E-state index in [1.807, 2.05) is 12.1 Å². The minimum Gasteiger partial charge on any atom is -0.390 e. The van der Waals surface area contributed by atoms with E-state index in [4.69, 9.17) is 4.74 Å². The lowest BCUT2D eigenvalue weighted by Crippen LogP contribution is -2.49. The molecule has 2 aliphatic rings. The van der Waals surface area contributed by atoms with Crippen LogP contribution in [0.4, 0.5) is 0 Å². The number of fused-ring (bicyclic) bond motifs is 1. The van der Waals surface area contributed by atoms with Crippen molar-refractivity contribution in [1.29, 1.82) is 0 Å². The summed E-state index contributed by atoms with van der Waals surface area (Å²) < 4.78 is 5.34. The fourth-order valence-electron chi connectivity index (χ4n) is 4.26. The first kappa shape index (κ1) is 22.5. The summed E-state index contributed by atoms with van der Waals surface area (Å²) in [4.78, 5) is 24.9. The van der Waals surface area contributed by atoms with Crippen molar-refractivity contribution in [1.82, 2.24) is 16.0 Å². The maximum absolute atomic E-state index is 12.5. The molecule has 0 bridgehead atoms. The largest absolute Gasteiger partial charge is 0.390 e. The van der Waals surface area contributed by atoms with Gasteiger partial charge in [0, 0.05) is 50.0 Å². The molecule has 7 nitrogen and oxygen atoms in total. The van der Waals surface area contributed by atoms with Crippen LogP contribution in [0.2, 0.25) is 0 Å². The van der Waals surface area contributed by atoms with Crippen molar-refractivity contribution in [3.05, 3.63) is 70.8 Å². The van der Waals surface area contributed by atoms with Gasteiger partial charge in [0.05, 0.1) is 6.10 Å². The lowest BCUT2D eigenvalue weighted by molar-refractivity contribution is 0.0642. The third kappa shape index (κ3) is 5.73. The maximum atomic E-state index is 12.5. The number of benzene rings is 2. The van der Waals surface area contributed by atoms with E-state index >= 15 is 0 Å². The van der Waals surface area contributed by atoms with Crippen LogP contribution in [0.3, 0.4) is 0 Å². The predicted molar refractivity (Wildman–Crippen MR) is 121 cm³/mol. The van der Waals surface area contributed by atoms with Gasteiger partial charge in [-0.1, -0.05) is 24.3 Å². The van der Waals surface area contributed by atoms with E-state index in [-0.39, 0.29) is 24.4 Å². The average molecular weight is 438 g/mol. The summed E-state index contributed by atoms with van der Waals surface area (Å²) in [6.45, 7) is 3.02. The van der Waals surface area contributed by atoms with E-state index in [1.165, 1.54) is 11.1 Å². The molecular formula is C25H31N3O4. The monoisotopic (exact) mass is 437 g/mol. The van der Waals surface area contributed by atoms with Crippen molar-refractivity contribution in [2.45, 2.75) is 38.0 Å². The normalized spacial score (nSPS) is 19.6. The van der Waals surface area contributed by atoms with E-state index in [1.54, 1.807) is 24.3 Å². The summed E-state index contributed by atoms with van der Waals surface area (Å²) in [5.41, 5.74) is 3.46. The van der Waals surface area contributed by atoms with E-state index in [0.717, 1.165) is 32.5 Å². The molecule has 4 N–H and O–H groups in total. The van der Waals surface area contributed by atoms with Crippen LogP contribution in [-0.2, 0) is 17.7 Å². The van der Waals surface area contributed by atoms with Crippen LogP contribution in [0.15, 0.2) is 48.5 Å². The second-order valence-electron chi connectivity index (χ2n) is 8.58. The molecule has 1 saturated heterocycles. The molecule has 1 fully saturated rings. The predicted octanol–water partition coefficient (Wildman–Crippen LogP) is 1.65. The van der Waals surface area contributed by atoms with Gasteiger partial charge in [0.2, 0.25) is 0 Å². The fourth-order valence-corrected chi connectivity index (χ4v) is 4.26. The Bertz CT molecular complexity index is 925. The highest BCUT2D eigenvalue weighted by molar-refractivity contribution is 5.97. The second-order valence-corrected chi connectivity index (χ2v) is 8.58. The molecule has 2 atom stereocenters. The summed E-state index contributed by atoms with van der Waals surface area (Å²) >= 11 is 0. The van der Waals surface area contributed by atoms with Gasteiger partial charge in [0.1, 0.15) is 0 Å². The van der Waals surface area contributed by atoms with E-state index in [2.05, 4.69) is 28.1 Å². The first-order valence-electron chi connectivity index (χ1n) is 11.3. The highest BCUT2D eigenvalue weighted by Gasteiger charge is 2.24. The summed E-state index contributed by atoms with van der Waals surface area (Å²) in [7, 11) is 0. The Hall–Kier alpha value is -2.74. The van der Waals surface area contributed by atoms with Crippen molar-refractivity contribution < 1.29 is 19.4 Å². The van der Waals surface area contributed by atoms with Crippen LogP contribution >= 0.6 is 0 Å². The van der Waals surface area contributed by atoms with E-state index < -0.39 is 6.10 Å². The molecule has 0 saturated carbocycles. The number of amides is 2. The molecule has 4 rings (SSSR count). The van der Waals surface area contributed by atoms with Crippen molar-refractivity contribution in [3.63, 3.8) is 0 Å². The number of aliphatic hydroxyl groups is 1. The number of hydrogen-bond acceptors (Lipinski definition) is 5. The van der Waals surface area contributed by atoms with Crippen molar-refractivity contribution in [2.24, 2.45) is 5.92 Å². The number of carbonyl (C=O) groups is 2. The second kappa shape index (κ2) is 10.7. The third-order valence-corrected chi connectivity index (χ3v) is 6.35. The molecule has 2 aliphatic heterocycles. The Balaban J connectivity index is 1.23. The van der Waals surface area contributed by atoms with E-state index in [0.29, 0.717) is 30.1 Å². The maximum Gasteiger partial charge on any atom is 0.251 e. The third-order valence-electron chi connectivity index (χ3n) is 6.35. The summed E-state index contributed by atoms with van der Waals surface area (Å²) in [5.74, 6) is 0.0493. The van der Waals surface area contributed by atoms with Crippen LogP contribution in [0.25, 0.3) is 0 Å². The summed E-state index contributed by atoms with van der Waals surface area (Å²) in [6.07, 6.45) is 1.97. The summed E-state index contributed by atoms with van der Waals surface area (Å²) in [5, 5.41) is 19.6. The average Bonchev–Trinajstić information content (AvgIpc) is 2.86. The Morgan fingerprint density at radius 3 is 2.28 bits per heavy atom. The fraction of sp³-hybridized carbons (Fsp3) is 0.440. The minimum atomic E-state index is -0.692. The van der Waals surface area contributed by atoms with Gasteiger partial charge in [-0.25, -0.2) is 0 Å². The molecule has 0 unspecified atom stereocenters. The molecule has 0 radical (unpaired) electrons. The van der Waals surface area contributed by atoms with Gasteiger partial charge < -0.3 is 25.8 Å². The van der Waals surface area contributed by atoms with Gasteiger partial charge in [0.25, 0.3) is 11.8 Å². The minimum absolute atomic E-state index is 0.105. The number of nitrogens with one attached hydrogen (secondary N) is 3. The topological polar surface area (TPSA) is 99.7 Å². The molecule has 2 aromatic carbocycles. The standard InChI is InChI=1S/C25H31N3O4/c29-23(22-13-20-3-1-2-4-21(20)15-26-22)16-28-25(31)19-7-5-18(6-8-19)24(30)27-14-17-9-11-32-12-10-17/h1-8,17,22-23,26,29H,9-16H2,(H,27,30)(H,28,31)/t22-,23+/m0/s1. The zero-order chi connectivity index (χ0) is 22.3. The van der Waals surface area contributed by atoms with Crippen LogP contribution in [0, 0.1) is 5.92 Å². The SMILES string of the molecule is O=C(NCC1CCOCC1)c1ccc(C(=O)NC[C@@H](O)[C@@H]2Cc3ccccc3CN2)cc1. The van der Waals surface area contributed by atoms with Gasteiger partial charge in [0.15, 0.2) is 0 Å². The zero-order valence-electron chi connectivity index (χ0n) is 18.2. The Morgan fingerprint density at radius 2 is 1.59 bits per heavy atom. The molecule has 2 amide bonds. The number of hydrogen-bond donors (Lipinski definition) is 4. The molecule has 0 aliphatic carbocycles. The highest BCUT2D eigenvalue weighted by Crippen LogP contribution is 2.18. The number of ether oxygens (including phenoxy) is 1. The molecule has 170 valence electrons. The smallest absolute Gasteiger partial charge is 0.251 e. The molecule has 0 spiro atoms. The Labute approximate surface area is 188 Å². The Morgan fingerprint density at radius 1 is 0.969 bits per heavy atom. The first-order chi connectivity index (χ1) is 15.6. The van der Waals surface area contributed by atoms with Crippen LogP contribution in [0.5, 0.6) is 0 Å². The molecule has 32 heavy (non-hydrogen) atoms. The lowest BCUT2D eigenvalue weighted by Gasteiger charge is -2.30. The zero-order valence-corrected chi connectivity index (χ0v) is 18.2. The van der Waals surface area contributed by atoms with Gasteiger partial charge in [-0.15, -0.1) is 0 Å². The molecule has 2 heterocycles. The highest BCUT2D eigenvalue weighted by atomic mass is 16.5. The van der Waals surface area contributed by atoms with Gasteiger partial charge >= 0.3 is 0 Å². The van der Waals surface area contributed by atoms with Crippen LogP contribution < -0.4 is 16.0 Å². The van der Waals surface area contributed by atoms with Crippen LogP contribution in [0.1, 0.15) is 44.7 Å². The number of aliphatic hydroxyl groups excluding tert-OH is 1. The first-order valence-corrected chi connectivity index (χ1v) is 11.3. The lowest BCUT2D eigenvalue weighted by atomic mass is 9.93. The van der Waals surface area contributed by atoms with Gasteiger partial charge in [-0.05, 0) is 60.6 Å². The van der Waals surface area contributed by atoms with Crippen molar-refractivity contribution in [2.75, 3.05) is 26.3 Å². The van der Waals surface area contributed by atoms with Crippen molar-refractivity contribution in [3.8, 4) is 0 Å². The quantitative estimate of drug-likeness (QED) is 0.528. The molecule has 0 aromatic heterocycles. The van der Waals surface area contributed by atoms with Gasteiger partial charge in [-0.3, -0.25) is 9.59 Å². The number of carbonyl (C=O) groups excluding carboxylic acids is 2. The Kier molecular flexibility index (Phi) is 7.52. The number of rotatable bonds is 7.